The number of ether oxygens (including phenoxy) is 3. The minimum absolute atomic E-state index is 0.0608. The van der Waals surface area contributed by atoms with Crippen LogP contribution in [0.5, 0.6) is 0 Å². The molecule has 0 aromatic carbocycles. The zero-order valence-corrected chi connectivity index (χ0v) is 25.1. The number of nitrogens with one attached hydrogen (secondary N) is 1. The molecular weight excluding hydrogens is 572 g/mol. The summed E-state index contributed by atoms with van der Waals surface area (Å²) >= 11 is 1.11. The van der Waals surface area contributed by atoms with Gasteiger partial charge in [0.25, 0.3) is 12.1 Å². The van der Waals surface area contributed by atoms with E-state index >= 15 is 0 Å². The zero-order valence-electron chi connectivity index (χ0n) is 24.3. The van der Waals surface area contributed by atoms with Crippen LogP contribution in [0.4, 0.5) is 4.79 Å². The Bertz CT molecular complexity index is 1100. The highest BCUT2D eigenvalue weighted by atomic mass is 32.2. The molecule has 3 heterocycles. The number of likely N-dealkylation sites (N-methyl/N-ethyl adjacent to an activating group) is 1. The number of urea groups is 1. The van der Waals surface area contributed by atoms with Crippen LogP contribution < -0.4 is 5.32 Å². The first-order chi connectivity index (χ1) is 19.8. The lowest BCUT2D eigenvalue weighted by Gasteiger charge is -2.51. The van der Waals surface area contributed by atoms with E-state index < -0.39 is 66.5 Å². The van der Waals surface area contributed by atoms with Crippen molar-refractivity contribution in [1.29, 1.82) is 0 Å². The van der Waals surface area contributed by atoms with Gasteiger partial charge in [0.1, 0.15) is 6.04 Å². The number of piperazine rings is 1. The summed E-state index contributed by atoms with van der Waals surface area (Å²) in [5.74, 6) is -5.67. The maximum absolute atomic E-state index is 13.8. The molecule has 3 aliphatic heterocycles. The Balaban J connectivity index is 1.52. The van der Waals surface area contributed by atoms with Crippen LogP contribution in [0.25, 0.3) is 0 Å². The molecule has 4 aliphatic rings. The molecule has 2 N–H and O–H groups in total. The highest BCUT2D eigenvalue weighted by molar-refractivity contribution is 8.13. The summed E-state index contributed by atoms with van der Waals surface area (Å²) < 4.78 is 16.5. The van der Waals surface area contributed by atoms with Gasteiger partial charge in [0.2, 0.25) is 0 Å². The zero-order chi connectivity index (χ0) is 30.7. The number of fused-ring (bicyclic) bond motifs is 2. The predicted molar refractivity (Wildman–Crippen MR) is 147 cm³/mol. The van der Waals surface area contributed by atoms with Crippen molar-refractivity contribution in [2.75, 3.05) is 39.0 Å². The Labute approximate surface area is 248 Å². The number of amides is 3. The van der Waals surface area contributed by atoms with Crippen LogP contribution in [0.3, 0.4) is 0 Å². The van der Waals surface area contributed by atoms with Crippen molar-refractivity contribution in [3.05, 3.63) is 0 Å². The van der Waals surface area contributed by atoms with E-state index in [1.807, 2.05) is 0 Å². The lowest BCUT2D eigenvalue weighted by Crippen LogP contribution is -2.74. The molecule has 234 valence electrons. The molecule has 15 heteroatoms. The highest BCUT2D eigenvalue weighted by Crippen LogP contribution is 2.40. The van der Waals surface area contributed by atoms with Crippen molar-refractivity contribution in [3.63, 3.8) is 0 Å². The van der Waals surface area contributed by atoms with Gasteiger partial charge >= 0.3 is 29.9 Å². The van der Waals surface area contributed by atoms with E-state index in [1.165, 1.54) is 32.2 Å². The number of aliphatic hydroxyl groups is 1. The number of carbonyl (C=O) groups excluding carboxylic acids is 6. The van der Waals surface area contributed by atoms with Crippen molar-refractivity contribution >= 4 is 46.7 Å². The third-order valence-electron chi connectivity index (χ3n) is 8.22. The fourth-order valence-corrected chi connectivity index (χ4v) is 6.48. The SMILES string of the molecule is CC(=O)SCCN(CCC1CCCCC1)C(=O)N[C@@H](C)C(=O)N1CCN(C)C2OC(=O)CC3(O)CC(=O)OC21OC3=O. The molecule has 3 saturated heterocycles. The van der Waals surface area contributed by atoms with Crippen LogP contribution in [-0.2, 0) is 38.2 Å². The molecule has 0 radical (unpaired) electrons. The molecule has 3 unspecified atom stereocenters. The average molecular weight is 613 g/mol. The number of thioether (sulfide) groups is 1. The molecule has 0 aromatic rings. The van der Waals surface area contributed by atoms with E-state index in [4.69, 9.17) is 14.2 Å². The summed E-state index contributed by atoms with van der Waals surface area (Å²) in [6.07, 6.45) is 3.39. The number of esters is 3. The standard InChI is InChI=1S/C27H40N4O10S/c1-17(28-25(37)30(13-14-42-18(2)32)10-9-19-7-5-4-6-8-19)22(35)31-12-11-29(3)23-27(31)40-21(34)16-26(38,24(36)41-27)15-20(33)39-23/h17,19,23,38H,4-16H2,1-3H3,(H,28,37)/t17-,23?,26?,27?/m0/s1. The first kappa shape index (κ1) is 32.0. The third kappa shape index (κ3) is 7.00. The van der Waals surface area contributed by atoms with Crippen LogP contribution in [0.1, 0.15) is 65.2 Å². The second-order valence-corrected chi connectivity index (χ2v) is 12.8. The minimum atomic E-state index is -2.51. The van der Waals surface area contributed by atoms with Crippen molar-refractivity contribution in [2.45, 2.75) is 89.0 Å². The molecular formula is C27H40N4O10S. The van der Waals surface area contributed by atoms with Gasteiger partial charge in [-0.3, -0.25) is 29.0 Å². The van der Waals surface area contributed by atoms with Gasteiger partial charge in [-0.1, -0.05) is 43.9 Å². The van der Waals surface area contributed by atoms with Gasteiger partial charge in [0.15, 0.2) is 10.7 Å². The van der Waals surface area contributed by atoms with E-state index in [0.717, 1.165) is 48.8 Å². The Morgan fingerprint density at radius 2 is 1.76 bits per heavy atom. The number of nitrogens with zero attached hydrogens (tertiary/aromatic N) is 3. The van der Waals surface area contributed by atoms with Crippen molar-refractivity contribution in [2.24, 2.45) is 5.92 Å². The van der Waals surface area contributed by atoms with E-state index in [0.29, 0.717) is 24.8 Å². The van der Waals surface area contributed by atoms with Crippen LogP contribution >= 0.6 is 11.8 Å². The van der Waals surface area contributed by atoms with Crippen molar-refractivity contribution in [3.8, 4) is 0 Å². The Hall–Kier alpha value is -2.91. The molecule has 42 heavy (non-hydrogen) atoms. The first-order valence-corrected chi connectivity index (χ1v) is 15.4. The number of hydrogen-bond donors (Lipinski definition) is 2. The summed E-state index contributed by atoms with van der Waals surface area (Å²) in [6.45, 7) is 3.71. The number of rotatable bonds is 8. The Morgan fingerprint density at radius 3 is 2.45 bits per heavy atom. The Kier molecular flexibility index (Phi) is 10.0. The summed E-state index contributed by atoms with van der Waals surface area (Å²) in [5, 5.41) is 13.4. The van der Waals surface area contributed by atoms with E-state index in [1.54, 1.807) is 4.90 Å². The average Bonchev–Trinajstić information content (AvgIpc) is 2.97. The van der Waals surface area contributed by atoms with Crippen LogP contribution in [0, 0.1) is 5.92 Å². The van der Waals surface area contributed by atoms with E-state index in [2.05, 4.69) is 5.32 Å². The molecule has 14 nitrogen and oxygen atoms in total. The predicted octanol–water partition coefficient (Wildman–Crippen LogP) is 0.559. The fraction of sp³-hybridized carbons (Fsp3) is 0.778. The molecule has 3 amide bonds. The Morgan fingerprint density at radius 1 is 1.07 bits per heavy atom. The molecule has 1 spiro atoms. The molecule has 4 rings (SSSR count). The minimum Gasteiger partial charge on any atom is -0.435 e. The molecule has 2 bridgehead atoms. The normalized spacial score (nSPS) is 29.2. The van der Waals surface area contributed by atoms with Gasteiger partial charge in [0, 0.05) is 38.9 Å². The van der Waals surface area contributed by atoms with Crippen LogP contribution in [0.2, 0.25) is 0 Å². The van der Waals surface area contributed by atoms with E-state index in [9.17, 15) is 33.9 Å². The number of carbonyl (C=O) groups is 6. The molecule has 4 fully saturated rings. The maximum atomic E-state index is 13.8. The van der Waals surface area contributed by atoms with Gasteiger partial charge < -0.3 is 29.5 Å². The van der Waals surface area contributed by atoms with Gasteiger partial charge in [-0.2, -0.15) is 0 Å². The van der Waals surface area contributed by atoms with E-state index in [-0.39, 0.29) is 18.2 Å². The smallest absolute Gasteiger partial charge is 0.398 e. The maximum Gasteiger partial charge on any atom is 0.398 e. The van der Waals surface area contributed by atoms with Crippen molar-refractivity contribution in [1.82, 2.24) is 20.0 Å². The van der Waals surface area contributed by atoms with Crippen LogP contribution in [-0.4, -0.2) is 118 Å². The fourth-order valence-electron chi connectivity index (χ4n) is 5.88. The van der Waals surface area contributed by atoms with Gasteiger partial charge in [-0.25, -0.2) is 9.59 Å². The third-order valence-corrected chi connectivity index (χ3v) is 9.02. The summed E-state index contributed by atoms with van der Waals surface area (Å²) in [5.41, 5.74) is -2.51. The molecule has 1 saturated carbocycles. The second kappa shape index (κ2) is 13.2. The summed E-state index contributed by atoms with van der Waals surface area (Å²) in [7, 11) is 1.54. The topological polar surface area (TPSA) is 172 Å². The van der Waals surface area contributed by atoms with Gasteiger partial charge in [-0.15, -0.1) is 0 Å². The first-order valence-electron chi connectivity index (χ1n) is 14.4. The van der Waals surface area contributed by atoms with Crippen molar-refractivity contribution < 1.29 is 48.1 Å². The van der Waals surface area contributed by atoms with Gasteiger partial charge in [0.05, 0.1) is 12.8 Å². The molecule has 0 aromatic heterocycles. The quantitative estimate of drug-likeness (QED) is 0.366. The summed E-state index contributed by atoms with van der Waals surface area (Å²) in [4.78, 5) is 81.1. The second-order valence-electron chi connectivity index (χ2n) is 11.5. The molecule has 1 aliphatic carbocycles. The van der Waals surface area contributed by atoms with Gasteiger partial charge in [-0.05, 0) is 26.3 Å². The highest BCUT2D eigenvalue weighted by Gasteiger charge is 2.66. The lowest BCUT2D eigenvalue weighted by molar-refractivity contribution is -0.354. The number of hydrogen-bond acceptors (Lipinski definition) is 12. The monoisotopic (exact) mass is 612 g/mol. The summed E-state index contributed by atoms with van der Waals surface area (Å²) in [6, 6.07) is -1.68. The molecule has 4 atom stereocenters. The lowest BCUT2D eigenvalue weighted by atomic mass is 9.87. The largest absolute Gasteiger partial charge is 0.435 e. The van der Waals surface area contributed by atoms with Crippen LogP contribution in [0.15, 0.2) is 0 Å².